The van der Waals surface area contributed by atoms with E-state index in [1.807, 2.05) is 0 Å². The lowest BCUT2D eigenvalue weighted by Crippen LogP contribution is -2.39. The number of benzene rings is 2. The van der Waals surface area contributed by atoms with Crippen LogP contribution in [0.5, 0.6) is 0 Å². The van der Waals surface area contributed by atoms with Gasteiger partial charge in [0.15, 0.2) is 0 Å². The molecule has 2 heterocycles. The van der Waals surface area contributed by atoms with Gasteiger partial charge in [-0.05, 0) is 47.9 Å². The number of hydrogen-bond acceptors (Lipinski definition) is 3. The van der Waals surface area contributed by atoms with Gasteiger partial charge in [-0.1, -0.05) is 24.8 Å². The molecule has 1 atom stereocenters. The maximum absolute atomic E-state index is 15.6. The summed E-state index contributed by atoms with van der Waals surface area (Å²) in [5.74, 6) is -5.77. The van der Waals surface area contributed by atoms with Crippen LogP contribution in [-0.2, 0) is 31.4 Å². The highest BCUT2D eigenvalue weighted by atomic mass is 19.4. The zero-order valence-electron chi connectivity index (χ0n) is 18.0. The van der Waals surface area contributed by atoms with Crippen LogP contribution in [-0.4, -0.2) is 20.7 Å². The van der Waals surface area contributed by atoms with Crippen LogP contribution >= 0.6 is 0 Å². The molecular weight excluding hydrogens is 462 g/mol. The maximum Gasteiger partial charge on any atom is 0.416 e. The molecule has 1 aliphatic rings. The summed E-state index contributed by atoms with van der Waals surface area (Å²) in [4.78, 5) is 14.0. The van der Waals surface area contributed by atoms with E-state index >= 15 is 13.2 Å². The van der Waals surface area contributed by atoms with Crippen LogP contribution in [0.15, 0.2) is 49.3 Å². The number of amides is 1. The number of anilines is 1. The van der Waals surface area contributed by atoms with Gasteiger partial charge in [0.25, 0.3) is 5.91 Å². The average Bonchev–Trinajstić information content (AvgIpc) is 3.36. The van der Waals surface area contributed by atoms with E-state index < -0.39 is 47.2 Å². The molecule has 0 radical (unpaired) electrons. The van der Waals surface area contributed by atoms with Crippen molar-refractivity contribution in [2.24, 2.45) is 7.05 Å². The van der Waals surface area contributed by atoms with Gasteiger partial charge in [-0.15, -0.1) is 10.2 Å². The SMILES string of the molecule is C=Cc1cc2c(c(C(F)(F)F)c1)CN(c1cccc([C@@](C)(F)C(F)(F)c3nncn3C)c1)C2=O. The first-order valence-electron chi connectivity index (χ1n) is 9.99. The third-order valence-electron chi connectivity index (χ3n) is 5.89. The van der Waals surface area contributed by atoms with Crippen LogP contribution < -0.4 is 4.90 Å². The van der Waals surface area contributed by atoms with Gasteiger partial charge >= 0.3 is 12.1 Å². The zero-order chi connectivity index (χ0) is 25.1. The monoisotopic (exact) mass is 480 g/mol. The van der Waals surface area contributed by atoms with Crippen molar-refractivity contribution in [2.75, 3.05) is 4.90 Å². The van der Waals surface area contributed by atoms with Gasteiger partial charge in [0.1, 0.15) is 6.33 Å². The minimum atomic E-state index is -4.73. The Morgan fingerprint density at radius 2 is 1.79 bits per heavy atom. The number of nitrogens with zero attached hydrogens (tertiary/aromatic N) is 4. The maximum atomic E-state index is 15.6. The third kappa shape index (κ3) is 3.55. The summed E-state index contributed by atoms with van der Waals surface area (Å²) in [6.07, 6.45) is -2.53. The van der Waals surface area contributed by atoms with Gasteiger partial charge in [0.05, 0.1) is 12.1 Å². The summed E-state index contributed by atoms with van der Waals surface area (Å²) in [5.41, 5.74) is -5.09. The molecule has 0 fully saturated rings. The topological polar surface area (TPSA) is 51.0 Å². The van der Waals surface area contributed by atoms with E-state index in [1.54, 1.807) is 0 Å². The summed E-state index contributed by atoms with van der Waals surface area (Å²) in [6.45, 7) is 3.67. The van der Waals surface area contributed by atoms with Crippen molar-refractivity contribution >= 4 is 17.7 Å². The standard InChI is InChI=1S/C23H18F6N4O/c1-4-13-8-16-17(18(9-13)23(27,28)29)11-33(19(16)34)15-7-5-6-14(10-15)21(2,24)22(25,26)20-31-30-12-32(20)3/h4-10,12H,1,11H2,2-3H3/t21-/m1/s1. The largest absolute Gasteiger partial charge is 0.416 e. The van der Waals surface area contributed by atoms with Gasteiger partial charge in [0, 0.05) is 18.3 Å². The summed E-state index contributed by atoms with van der Waals surface area (Å²) in [6, 6.07) is 6.90. The normalized spacial score (nSPS) is 15.9. The number of carbonyl (C=O) groups is 1. The molecule has 0 saturated carbocycles. The fraction of sp³-hybridized carbons (Fsp3) is 0.261. The van der Waals surface area contributed by atoms with Crippen molar-refractivity contribution in [3.8, 4) is 0 Å². The van der Waals surface area contributed by atoms with Gasteiger partial charge in [-0.3, -0.25) is 4.79 Å². The molecule has 1 amide bonds. The van der Waals surface area contributed by atoms with E-state index in [0.29, 0.717) is 6.92 Å². The number of carbonyl (C=O) groups excluding carboxylic acids is 1. The van der Waals surface area contributed by atoms with Crippen molar-refractivity contribution in [3.05, 3.63) is 82.9 Å². The highest BCUT2D eigenvalue weighted by Crippen LogP contribution is 2.48. The highest BCUT2D eigenvalue weighted by molar-refractivity contribution is 6.10. The van der Waals surface area contributed by atoms with Crippen molar-refractivity contribution in [3.63, 3.8) is 0 Å². The molecular formula is C23H18F6N4O. The van der Waals surface area contributed by atoms with E-state index in [1.165, 1.54) is 31.3 Å². The van der Waals surface area contributed by atoms with Crippen molar-refractivity contribution in [1.82, 2.24) is 14.8 Å². The van der Waals surface area contributed by atoms with Crippen LogP contribution in [0.25, 0.3) is 6.08 Å². The van der Waals surface area contributed by atoms with E-state index in [0.717, 1.165) is 34.0 Å². The average molecular weight is 480 g/mol. The molecule has 2 aromatic carbocycles. The van der Waals surface area contributed by atoms with Crippen LogP contribution in [0, 0.1) is 0 Å². The third-order valence-corrected chi connectivity index (χ3v) is 5.89. The number of aryl methyl sites for hydroxylation is 1. The molecule has 0 N–H and O–H groups in total. The van der Waals surface area contributed by atoms with Crippen molar-refractivity contribution in [1.29, 1.82) is 0 Å². The minimum Gasteiger partial charge on any atom is -0.316 e. The predicted octanol–water partition coefficient (Wildman–Crippen LogP) is 5.61. The van der Waals surface area contributed by atoms with E-state index in [9.17, 15) is 18.0 Å². The highest BCUT2D eigenvalue weighted by Gasteiger charge is 2.57. The smallest absolute Gasteiger partial charge is 0.316 e. The fourth-order valence-corrected chi connectivity index (χ4v) is 3.93. The van der Waals surface area contributed by atoms with Crippen LogP contribution in [0.3, 0.4) is 0 Å². The lowest BCUT2D eigenvalue weighted by molar-refractivity contribution is -0.149. The Morgan fingerprint density at radius 3 is 2.38 bits per heavy atom. The summed E-state index contributed by atoms with van der Waals surface area (Å²) in [5, 5.41) is 6.68. The molecule has 0 aliphatic carbocycles. The van der Waals surface area contributed by atoms with Gasteiger partial charge in [0.2, 0.25) is 11.5 Å². The van der Waals surface area contributed by atoms with Crippen molar-refractivity contribution < 1.29 is 31.1 Å². The minimum absolute atomic E-state index is 0.0235. The first kappa shape index (κ1) is 23.5. The quantitative estimate of drug-likeness (QED) is 0.446. The molecule has 3 aromatic rings. The molecule has 178 valence electrons. The Labute approximate surface area is 190 Å². The Kier molecular flexibility index (Phi) is 5.34. The van der Waals surface area contributed by atoms with Crippen LogP contribution in [0.2, 0.25) is 0 Å². The second kappa shape index (κ2) is 7.71. The molecule has 0 saturated heterocycles. The number of fused-ring (bicyclic) bond motifs is 1. The van der Waals surface area contributed by atoms with E-state index in [4.69, 9.17) is 0 Å². The summed E-state index contributed by atoms with van der Waals surface area (Å²) in [7, 11) is 1.24. The molecule has 34 heavy (non-hydrogen) atoms. The zero-order valence-corrected chi connectivity index (χ0v) is 18.0. The fourth-order valence-electron chi connectivity index (χ4n) is 3.93. The van der Waals surface area contributed by atoms with Gasteiger partial charge in [-0.2, -0.15) is 22.0 Å². The van der Waals surface area contributed by atoms with E-state index in [-0.39, 0.29) is 22.4 Å². The Bertz CT molecular complexity index is 1290. The molecule has 5 nitrogen and oxygen atoms in total. The number of rotatable bonds is 5. The number of hydrogen-bond donors (Lipinski definition) is 0. The molecule has 1 aliphatic heterocycles. The lowest BCUT2D eigenvalue weighted by Gasteiger charge is -2.30. The summed E-state index contributed by atoms with van der Waals surface area (Å²) >= 11 is 0. The Morgan fingerprint density at radius 1 is 1.09 bits per heavy atom. The molecule has 0 unspecified atom stereocenters. The first-order valence-corrected chi connectivity index (χ1v) is 9.99. The number of alkyl halides is 6. The Hall–Kier alpha value is -3.63. The first-order chi connectivity index (χ1) is 15.8. The molecule has 11 heteroatoms. The molecule has 1 aromatic heterocycles. The number of halogens is 6. The van der Waals surface area contributed by atoms with Gasteiger partial charge < -0.3 is 9.47 Å². The lowest BCUT2D eigenvalue weighted by atomic mass is 9.90. The van der Waals surface area contributed by atoms with E-state index in [2.05, 4.69) is 16.8 Å². The Balaban J connectivity index is 1.76. The van der Waals surface area contributed by atoms with Crippen LogP contribution in [0.1, 0.15) is 45.4 Å². The second-order valence-corrected chi connectivity index (χ2v) is 8.08. The second-order valence-electron chi connectivity index (χ2n) is 8.08. The summed E-state index contributed by atoms with van der Waals surface area (Å²) < 4.78 is 87.5. The molecule has 0 spiro atoms. The number of aromatic nitrogens is 3. The van der Waals surface area contributed by atoms with Gasteiger partial charge in [-0.25, -0.2) is 4.39 Å². The van der Waals surface area contributed by atoms with Crippen molar-refractivity contribution in [2.45, 2.75) is 31.2 Å². The van der Waals surface area contributed by atoms with Crippen LogP contribution in [0.4, 0.5) is 32.0 Å². The molecule has 4 rings (SSSR count). The predicted molar refractivity (Wildman–Crippen MR) is 112 cm³/mol. The molecule has 0 bridgehead atoms.